The fourth-order valence-corrected chi connectivity index (χ4v) is 2.46. The number of hydrogen-bond donors (Lipinski definition) is 0. The molecule has 26 heavy (non-hydrogen) atoms. The summed E-state index contributed by atoms with van der Waals surface area (Å²) in [7, 11) is 0. The molecule has 1 atom stereocenters. The molecule has 0 saturated carbocycles. The van der Waals surface area contributed by atoms with Gasteiger partial charge in [-0.15, -0.1) is 0 Å². The van der Waals surface area contributed by atoms with Crippen LogP contribution in [-0.4, -0.2) is 33.4 Å². The van der Waals surface area contributed by atoms with Crippen LogP contribution in [0.5, 0.6) is 5.88 Å². The summed E-state index contributed by atoms with van der Waals surface area (Å²) >= 11 is 0. The van der Waals surface area contributed by atoms with E-state index in [2.05, 4.69) is 10.3 Å². The zero-order chi connectivity index (χ0) is 18.9. The van der Waals surface area contributed by atoms with Gasteiger partial charge in [0.25, 0.3) is 5.88 Å². The van der Waals surface area contributed by atoms with Crippen LogP contribution in [0.25, 0.3) is 0 Å². The van der Waals surface area contributed by atoms with Crippen molar-refractivity contribution < 1.29 is 19.1 Å². The van der Waals surface area contributed by atoms with Gasteiger partial charge in [0, 0.05) is 6.42 Å². The summed E-state index contributed by atoms with van der Waals surface area (Å²) in [4.78, 5) is 23.4. The number of ether oxygens (including phenoxy) is 2. The van der Waals surface area contributed by atoms with Gasteiger partial charge in [0.05, 0.1) is 12.8 Å². The molecule has 0 N–H and O–H groups in total. The standard InChI is InChI=1S/C19H25N3O4/c1-14(2)18(19(24)26-13-16-9-5-4-6-10-16)22-12-17(20-21-22)25-11-7-8-15(3)23/h4-6,9-10,12,14,18H,7-8,11,13H2,1-3H3/t18-/m0/s1. The van der Waals surface area contributed by atoms with E-state index in [1.54, 1.807) is 13.1 Å². The third-order valence-corrected chi connectivity index (χ3v) is 3.79. The van der Waals surface area contributed by atoms with Crippen molar-refractivity contribution in [3.63, 3.8) is 0 Å². The Hall–Kier alpha value is -2.70. The van der Waals surface area contributed by atoms with Crippen LogP contribution in [0.15, 0.2) is 36.5 Å². The van der Waals surface area contributed by atoms with Crippen LogP contribution in [0.3, 0.4) is 0 Å². The van der Waals surface area contributed by atoms with E-state index in [0.717, 1.165) is 5.56 Å². The van der Waals surface area contributed by atoms with E-state index in [4.69, 9.17) is 9.47 Å². The lowest BCUT2D eigenvalue weighted by atomic mass is 10.1. The summed E-state index contributed by atoms with van der Waals surface area (Å²) in [6, 6.07) is 8.93. The molecule has 0 aliphatic carbocycles. The summed E-state index contributed by atoms with van der Waals surface area (Å²) in [5, 5.41) is 7.94. The first kappa shape index (κ1) is 19.6. The minimum absolute atomic E-state index is 0.0227. The molecule has 0 aliphatic rings. The average Bonchev–Trinajstić information content (AvgIpc) is 3.06. The second-order valence-electron chi connectivity index (χ2n) is 6.47. The van der Waals surface area contributed by atoms with Gasteiger partial charge in [0.15, 0.2) is 6.04 Å². The molecule has 0 unspecified atom stereocenters. The first-order valence-electron chi connectivity index (χ1n) is 8.72. The van der Waals surface area contributed by atoms with Gasteiger partial charge in [-0.3, -0.25) is 0 Å². The molecule has 1 heterocycles. The van der Waals surface area contributed by atoms with Gasteiger partial charge in [-0.2, -0.15) is 0 Å². The number of carbonyl (C=O) groups is 2. The van der Waals surface area contributed by atoms with Gasteiger partial charge in [-0.25, -0.2) is 9.48 Å². The molecular formula is C19H25N3O4. The number of hydrogen-bond acceptors (Lipinski definition) is 6. The van der Waals surface area contributed by atoms with Gasteiger partial charge in [0.2, 0.25) is 0 Å². The van der Waals surface area contributed by atoms with Crippen molar-refractivity contribution in [2.75, 3.05) is 6.61 Å². The molecule has 0 aliphatic heterocycles. The Morgan fingerprint density at radius 3 is 2.58 bits per heavy atom. The van der Waals surface area contributed by atoms with Crippen molar-refractivity contribution >= 4 is 11.8 Å². The molecule has 1 aromatic heterocycles. The molecule has 2 rings (SSSR count). The van der Waals surface area contributed by atoms with Crippen molar-refractivity contribution in [3.05, 3.63) is 42.1 Å². The number of nitrogens with zero attached hydrogens (tertiary/aromatic N) is 3. The zero-order valence-corrected chi connectivity index (χ0v) is 15.4. The lowest BCUT2D eigenvalue weighted by Gasteiger charge is -2.19. The highest BCUT2D eigenvalue weighted by atomic mass is 16.5. The zero-order valence-electron chi connectivity index (χ0n) is 15.4. The third kappa shape index (κ3) is 5.98. The van der Waals surface area contributed by atoms with Crippen molar-refractivity contribution in [1.82, 2.24) is 15.0 Å². The number of aromatic nitrogens is 3. The number of ketones is 1. The molecule has 7 nitrogen and oxygen atoms in total. The van der Waals surface area contributed by atoms with E-state index < -0.39 is 6.04 Å². The van der Waals surface area contributed by atoms with Crippen LogP contribution in [-0.2, 0) is 20.9 Å². The Balaban J connectivity index is 1.93. The lowest BCUT2D eigenvalue weighted by molar-refractivity contribution is -0.151. The Morgan fingerprint density at radius 1 is 1.19 bits per heavy atom. The maximum atomic E-state index is 12.5. The summed E-state index contributed by atoms with van der Waals surface area (Å²) < 4.78 is 12.4. The average molecular weight is 359 g/mol. The van der Waals surface area contributed by atoms with E-state index in [-0.39, 0.29) is 24.3 Å². The third-order valence-electron chi connectivity index (χ3n) is 3.79. The van der Waals surface area contributed by atoms with E-state index in [9.17, 15) is 9.59 Å². The molecule has 0 fully saturated rings. The number of esters is 1. The van der Waals surface area contributed by atoms with Crippen LogP contribution in [0.4, 0.5) is 0 Å². The molecule has 0 amide bonds. The van der Waals surface area contributed by atoms with Crippen LogP contribution in [0.1, 0.15) is 45.2 Å². The Kier molecular flexibility index (Phi) is 7.32. The van der Waals surface area contributed by atoms with E-state index in [0.29, 0.717) is 25.3 Å². The Bertz CT molecular complexity index is 713. The van der Waals surface area contributed by atoms with Crippen molar-refractivity contribution in [2.45, 2.75) is 46.3 Å². The summed E-state index contributed by atoms with van der Waals surface area (Å²) in [5.41, 5.74) is 0.927. The normalized spacial score (nSPS) is 12.0. The smallest absolute Gasteiger partial charge is 0.331 e. The summed E-state index contributed by atoms with van der Waals surface area (Å²) in [6.45, 7) is 5.98. The monoisotopic (exact) mass is 359 g/mol. The Morgan fingerprint density at radius 2 is 1.92 bits per heavy atom. The van der Waals surface area contributed by atoms with Crippen molar-refractivity contribution in [3.8, 4) is 5.88 Å². The molecule has 2 aromatic rings. The molecule has 1 aromatic carbocycles. The minimum Gasteiger partial charge on any atom is -0.475 e. The second-order valence-corrected chi connectivity index (χ2v) is 6.47. The van der Waals surface area contributed by atoms with E-state index >= 15 is 0 Å². The highest BCUT2D eigenvalue weighted by molar-refractivity contribution is 5.75. The fraction of sp³-hybridized carbons (Fsp3) is 0.474. The summed E-state index contributed by atoms with van der Waals surface area (Å²) in [6.07, 6.45) is 2.67. The van der Waals surface area contributed by atoms with Gasteiger partial charge in [0.1, 0.15) is 12.4 Å². The van der Waals surface area contributed by atoms with Crippen molar-refractivity contribution in [2.24, 2.45) is 5.92 Å². The molecular weight excluding hydrogens is 334 g/mol. The van der Waals surface area contributed by atoms with E-state index in [1.165, 1.54) is 4.68 Å². The molecule has 140 valence electrons. The number of Topliss-reactive ketones (excluding diaryl/α,β-unsaturated/α-hetero) is 1. The topological polar surface area (TPSA) is 83.3 Å². The van der Waals surface area contributed by atoms with Crippen LogP contribution >= 0.6 is 0 Å². The minimum atomic E-state index is -0.583. The lowest BCUT2D eigenvalue weighted by Crippen LogP contribution is -2.27. The first-order chi connectivity index (χ1) is 12.5. The molecule has 0 bridgehead atoms. The predicted molar refractivity (Wildman–Crippen MR) is 95.5 cm³/mol. The highest BCUT2D eigenvalue weighted by Crippen LogP contribution is 2.21. The fourth-order valence-electron chi connectivity index (χ4n) is 2.46. The molecule has 7 heteroatoms. The maximum Gasteiger partial charge on any atom is 0.331 e. The molecule has 0 spiro atoms. The number of carbonyl (C=O) groups excluding carboxylic acids is 2. The quantitative estimate of drug-likeness (QED) is 0.479. The summed E-state index contributed by atoms with van der Waals surface area (Å²) in [5.74, 6) is 0.0655. The molecule has 0 radical (unpaired) electrons. The predicted octanol–water partition coefficient (Wildman–Crippen LogP) is 2.97. The number of rotatable bonds is 10. The van der Waals surface area contributed by atoms with Crippen molar-refractivity contribution in [1.29, 1.82) is 0 Å². The number of benzene rings is 1. The Labute approximate surface area is 153 Å². The molecule has 0 saturated heterocycles. The first-order valence-corrected chi connectivity index (χ1v) is 8.72. The van der Waals surface area contributed by atoms with Gasteiger partial charge < -0.3 is 14.3 Å². The van der Waals surface area contributed by atoms with E-state index in [1.807, 2.05) is 44.2 Å². The van der Waals surface area contributed by atoms with Gasteiger partial charge in [-0.05, 0) is 24.8 Å². The van der Waals surface area contributed by atoms with Gasteiger partial charge >= 0.3 is 5.97 Å². The maximum absolute atomic E-state index is 12.5. The highest BCUT2D eigenvalue weighted by Gasteiger charge is 2.27. The second kappa shape index (κ2) is 9.70. The van der Waals surface area contributed by atoms with Crippen LogP contribution < -0.4 is 4.74 Å². The largest absolute Gasteiger partial charge is 0.475 e. The van der Waals surface area contributed by atoms with Crippen LogP contribution in [0.2, 0.25) is 0 Å². The van der Waals surface area contributed by atoms with Crippen LogP contribution in [0, 0.1) is 5.92 Å². The van der Waals surface area contributed by atoms with Gasteiger partial charge in [-0.1, -0.05) is 54.5 Å². The SMILES string of the molecule is CC(=O)CCCOc1cn([C@H](C(=O)OCc2ccccc2)C(C)C)nn1.